The van der Waals surface area contributed by atoms with Gasteiger partial charge in [0.05, 0.1) is 12.5 Å². The molecule has 0 radical (unpaired) electrons. The van der Waals surface area contributed by atoms with E-state index in [0.717, 1.165) is 24.9 Å². The van der Waals surface area contributed by atoms with Gasteiger partial charge in [-0.15, -0.1) is 0 Å². The molecular formula is C17H25N3O2. The zero-order chi connectivity index (χ0) is 15.8. The molecule has 1 aromatic rings. The van der Waals surface area contributed by atoms with Crippen molar-refractivity contribution in [2.24, 2.45) is 0 Å². The molecule has 1 aliphatic rings. The summed E-state index contributed by atoms with van der Waals surface area (Å²) in [7, 11) is 0. The number of unbranched alkanes of at least 4 members (excludes halogenated alkanes) is 1. The van der Waals surface area contributed by atoms with Gasteiger partial charge in [0.15, 0.2) is 0 Å². The minimum atomic E-state index is -0.404. The standard InChI is InChI=1S/C17H25N3O2/c1-2-3-9-19-16(21)12-15-17(22)20(11-10-18-15)13-14-7-5-4-6-8-14/h4-8,15,18H,2-3,9-13H2,1H3,(H,19,21). The Bertz CT molecular complexity index is 490. The maximum Gasteiger partial charge on any atom is 0.240 e. The van der Waals surface area contributed by atoms with Crippen LogP contribution in [0.3, 0.4) is 0 Å². The number of amides is 2. The number of piperazine rings is 1. The van der Waals surface area contributed by atoms with E-state index in [2.05, 4.69) is 17.6 Å². The van der Waals surface area contributed by atoms with Crippen molar-refractivity contribution in [2.45, 2.75) is 38.8 Å². The summed E-state index contributed by atoms with van der Waals surface area (Å²) in [6.45, 7) is 4.78. The molecule has 1 aromatic carbocycles. The maximum absolute atomic E-state index is 12.5. The largest absolute Gasteiger partial charge is 0.356 e. The van der Waals surface area contributed by atoms with Crippen molar-refractivity contribution in [3.8, 4) is 0 Å². The molecule has 1 aliphatic heterocycles. The van der Waals surface area contributed by atoms with E-state index in [0.29, 0.717) is 19.6 Å². The quantitative estimate of drug-likeness (QED) is 0.746. The minimum absolute atomic E-state index is 0.0146. The predicted molar refractivity (Wildman–Crippen MR) is 86.2 cm³/mol. The van der Waals surface area contributed by atoms with Gasteiger partial charge >= 0.3 is 0 Å². The lowest BCUT2D eigenvalue weighted by atomic mass is 10.1. The molecule has 5 nitrogen and oxygen atoms in total. The zero-order valence-corrected chi connectivity index (χ0v) is 13.2. The molecule has 1 fully saturated rings. The number of hydrogen-bond acceptors (Lipinski definition) is 3. The van der Waals surface area contributed by atoms with Crippen LogP contribution in [0.4, 0.5) is 0 Å². The SMILES string of the molecule is CCCCNC(=O)CC1NCCN(Cc2ccccc2)C1=O. The first kappa shape index (κ1) is 16.5. The van der Waals surface area contributed by atoms with Crippen molar-refractivity contribution < 1.29 is 9.59 Å². The summed E-state index contributed by atoms with van der Waals surface area (Å²) >= 11 is 0. The van der Waals surface area contributed by atoms with Gasteiger partial charge in [0, 0.05) is 26.2 Å². The van der Waals surface area contributed by atoms with Gasteiger partial charge in [-0.1, -0.05) is 43.7 Å². The Balaban J connectivity index is 1.85. The van der Waals surface area contributed by atoms with Crippen molar-refractivity contribution in [1.29, 1.82) is 0 Å². The lowest BCUT2D eigenvalue weighted by Gasteiger charge is -2.33. The van der Waals surface area contributed by atoms with E-state index >= 15 is 0 Å². The van der Waals surface area contributed by atoms with Gasteiger partial charge < -0.3 is 15.5 Å². The molecule has 2 rings (SSSR count). The highest BCUT2D eigenvalue weighted by molar-refractivity contribution is 5.88. The summed E-state index contributed by atoms with van der Waals surface area (Å²) in [6, 6.07) is 9.54. The van der Waals surface area contributed by atoms with Gasteiger partial charge in [-0.25, -0.2) is 0 Å². The first-order valence-corrected chi connectivity index (χ1v) is 8.03. The molecule has 2 N–H and O–H groups in total. The first-order chi connectivity index (χ1) is 10.7. The van der Waals surface area contributed by atoms with Crippen LogP contribution in [0.2, 0.25) is 0 Å². The van der Waals surface area contributed by atoms with Crippen LogP contribution in [0.1, 0.15) is 31.7 Å². The van der Waals surface area contributed by atoms with E-state index < -0.39 is 6.04 Å². The van der Waals surface area contributed by atoms with Crippen LogP contribution in [-0.4, -0.2) is 42.4 Å². The molecule has 120 valence electrons. The summed E-state index contributed by atoms with van der Waals surface area (Å²) in [5.74, 6) is -0.0402. The highest BCUT2D eigenvalue weighted by atomic mass is 16.2. The molecule has 22 heavy (non-hydrogen) atoms. The second kappa shape index (κ2) is 8.54. The Hall–Kier alpha value is -1.88. The van der Waals surface area contributed by atoms with E-state index in [4.69, 9.17) is 0 Å². The number of carbonyl (C=O) groups is 2. The number of nitrogens with one attached hydrogen (secondary N) is 2. The molecule has 5 heteroatoms. The lowest BCUT2D eigenvalue weighted by molar-refractivity contribution is -0.138. The molecular weight excluding hydrogens is 278 g/mol. The van der Waals surface area contributed by atoms with Crippen LogP contribution >= 0.6 is 0 Å². The molecule has 1 unspecified atom stereocenters. The Labute approximate surface area is 132 Å². The molecule has 0 spiro atoms. The van der Waals surface area contributed by atoms with E-state index in [1.807, 2.05) is 35.2 Å². The smallest absolute Gasteiger partial charge is 0.240 e. The van der Waals surface area contributed by atoms with Crippen LogP contribution in [0, 0.1) is 0 Å². The average Bonchev–Trinajstić information content (AvgIpc) is 2.52. The van der Waals surface area contributed by atoms with Crippen LogP contribution in [0.15, 0.2) is 30.3 Å². The van der Waals surface area contributed by atoms with E-state index in [-0.39, 0.29) is 18.2 Å². The second-order valence-corrected chi connectivity index (χ2v) is 5.66. The predicted octanol–water partition coefficient (Wildman–Crippen LogP) is 1.29. The normalized spacial score (nSPS) is 18.3. The summed E-state index contributed by atoms with van der Waals surface area (Å²) in [4.78, 5) is 26.2. The molecule has 0 saturated carbocycles. The molecule has 0 aliphatic carbocycles. The molecule has 1 saturated heterocycles. The number of rotatable bonds is 7. The van der Waals surface area contributed by atoms with Crippen molar-refractivity contribution >= 4 is 11.8 Å². The topological polar surface area (TPSA) is 61.4 Å². The Morgan fingerprint density at radius 3 is 2.86 bits per heavy atom. The van der Waals surface area contributed by atoms with Gasteiger partial charge in [0.1, 0.15) is 0 Å². The Morgan fingerprint density at radius 1 is 1.36 bits per heavy atom. The first-order valence-electron chi connectivity index (χ1n) is 8.03. The highest BCUT2D eigenvalue weighted by Gasteiger charge is 2.29. The van der Waals surface area contributed by atoms with Crippen molar-refractivity contribution in [1.82, 2.24) is 15.5 Å². The fourth-order valence-electron chi connectivity index (χ4n) is 2.57. The Kier molecular flexibility index (Phi) is 6.40. The maximum atomic E-state index is 12.5. The van der Waals surface area contributed by atoms with Gasteiger partial charge in [-0.05, 0) is 12.0 Å². The van der Waals surface area contributed by atoms with Crippen LogP contribution in [0.5, 0.6) is 0 Å². The number of carbonyl (C=O) groups excluding carboxylic acids is 2. The van der Waals surface area contributed by atoms with Crippen molar-refractivity contribution in [3.05, 3.63) is 35.9 Å². The lowest BCUT2D eigenvalue weighted by Crippen LogP contribution is -2.55. The molecule has 0 bridgehead atoms. The third-order valence-electron chi connectivity index (χ3n) is 3.84. The van der Waals surface area contributed by atoms with Crippen LogP contribution < -0.4 is 10.6 Å². The van der Waals surface area contributed by atoms with Gasteiger partial charge in [-0.2, -0.15) is 0 Å². The summed E-state index contributed by atoms with van der Waals surface area (Å²) < 4.78 is 0. The van der Waals surface area contributed by atoms with E-state index in [1.165, 1.54) is 0 Å². The highest BCUT2D eigenvalue weighted by Crippen LogP contribution is 2.10. The van der Waals surface area contributed by atoms with Crippen LogP contribution in [-0.2, 0) is 16.1 Å². The summed E-state index contributed by atoms with van der Waals surface area (Å²) in [5.41, 5.74) is 1.11. The Morgan fingerprint density at radius 2 is 2.14 bits per heavy atom. The second-order valence-electron chi connectivity index (χ2n) is 5.66. The van der Waals surface area contributed by atoms with Gasteiger partial charge in [0.2, 0.25) is 11.8 Å². The van der Waals surface area contributed by atoms with E-state index in [1.54, 1.807) is 0 Å². The van der Waals surface area contributed by atoms with Crippen molar-refractivity contribution in [2.75, 3.05) is 19.6 Å². The van der Waals surface area contributed by atoms with Gasteiger partial charge in [-0.3, -0.25) is 9.59 Å². The number of benzene rings is 1. The monoisotopic (exact) mass is 303 g/mol. The van der Waals surface area contributed by atoms with E-state index in [9.17, 15) is 9.59 Å². The summed E-state index contributed by atoms with van der Waals surface area (Å²) in [6.07, 6.45) is 2.23. The third-order valence-corrected chi connectivity index (χ3v) is 3.84. The minimum Gasteiger partial charge on any atom is -0.356 e. The molecule has 1 atom stereocenters. The van der Waals surface area contributed by atoms with Crippen molar-refractivity contribution in [3.63, 3.8) is 0 Å². The third kappa shape index (κ3) is 4.84. The fraction of sp³-hybridized carbons (Fsp3) is 0.529. The average molecular weight is 303 g/mol. The summed E-state index contributed by atoms with van der Waals surface area (Å²) in [5, 5.41) is 6.02. The number of nitrogens with zero attached hydrogens (tertiary/aromatic N) is 1. The molecule has 1 heterocycles. The zero-order valence-electron chi connectivity index (χ0n) is 13.2. The number of hydrogen-bond donors (Lipinski definition) is 2. The van der Waals surface area contributed by atoms with Gasteiger partial charge in [0.25, 0.3) is 0 Å². The molecule has 0 aromatic heterocycles. The van der Waals surface area contributed by atoms with Crippen LogP contribution in [0.25, 0.3) is 0 Å². The fourth-order valence-corrected chi connectivity index (χ4v) is 2.57. The molecule has 2 amide bonds.